The van der Waals surface area contributed by atoms with Gasteiger partial charge in [-0.25, -0.2) is 14.8 Å². The van der Waals surface area contributed by atoms with Gasteiger partial charge in [0.2, 0.25) is 5.95 Å². The Morgan fingerprint density at radius 2 is 1.76 bits per heavy atom. The number of amides is 1. The maximum Gasteiger partial charge on any atom is 2.00 e. The molecule has 0 saturated heterocycles. The number of phosphoric acid groups is 1. The van der Waals surface area contributed by atoms with E-state index in [2.05, 4.69) is 30.6 Å². The van der Waals surface area contributed by atoms with Gasteiger partial charge in [0, 0.05) is 17.2 Å². The number of benzene rings is 1. The van der Waals surface area contributed by atoms with E-state index < -0.39 is 43.7 Å². The summed E-state index contributed by atoms with van der Waals surface area (Å²) in [5.74, 6) is -3.46. The van der Waals surface area contributed by atoms with Gasteiger partial charge in [-0.05, 0) is 37.1 Å². The van der Waals surface area contributed by atoms with Crippen LogP contribution in [0, 0.1) is 0 Å². The van der Waals surface area contributed by atoms with E-state index in [4.69, 9.17) is 30.1 Å². The van der Waals surface area contributed by atoms with Crippen molar-refractivity contribution in [2.45, 2.75) is 25.4 Å². The zero-order valence-corrected chi connectivity index (χ0v) is 22.5. The minimum Gasteiger partial charge on any atom is -0.756 e. The second kappa shape index (κ2) is 14.7. The van der Waals surface area contributed by atoms with E-state index in [1.165, 1.54) is 18.3 Å². The van der Waals surface area contributed by atoms with Gasteiger partial charge in [0.25, 0.3) is 19.3 Å². The minimum absolute atomic E-state index is 0. The first-order chi connectivity index (χ1) is 17.2. The Hall–Kier alpha value is -3.18. The summed E-state index contributed by atoms with van der Waals surface area (Å²) in [4.78, 5) is 83.3. The van der Waals surface area contributed by atoms with E-state index in [-0.39, 0.29) is 73.4 Å². The fraction of sp³-hybridized carbons (Fsp3) is 0.211. The van der Waals surface area contributed by atoms with Crippen LogP contribution in [0.4, 0.5) is 11.6 Å². The molecule has 0 aliphatic rings. The molecule has 3 rings (SSSR count). The Balaban J connectivity index is 0.00000110. The fourth-order valence-corrected chi connectivity index (χ4v) is 2.75. The molecule has 8 N–H and O–H groups in total. The van der Waals surface area contributed by atoms with Gasteiger partial charge in [0.15, 0.2) is 11.2 Å². The Kier molecular flexibility index (Phi) is 12.7. The number of nitrogens with two attached hydrogens (primary N) is 1. The smallest absolute Gasteiger partial charge is 0.756 e. The molecule has 1 amide bonds. The van der Waals surface area contributed by atoms with Gasteiger partial charge in [-0.2, -0.15) is 4.98 Å². The van der Waals surface area contributed by atoms with E-state index in [1.807, 2.05) is 0 Å². The summed E-state index contributed by atoms with van der Waals surface area (Å²) < 4.78 is 8.77. The number of nitrogens with one attached hydrogen (secondary N) is 3. The molecular formula is C19H20CaN7O10P. The van der Waals surface area contributed by atoms with Crippen LogP contribution in [0.5, 0.6) is 0 Å². The zero-order valence-electron chi connectivity index (χ0n) is 19.4. The van der Waals surface area contributed by atoms with Crippen LogP contribution in [-0.4, -0.2) is 96.5 Å². The number of carbonyl (C=O) groups is 3. The summed E-state index contributed by atoms with van der Waals surface area (Å²) in [6.45, 7) is 0.225. The molecular weight excluding hydrogens is 557 g/mol. The van der Waals surface area contributed by atoms with Crippen LogP contribution < -0.4 is 31.9 Å². The van der Waals surface area contributed by atoms with E-state index in [0.29, 0.717) is 11.4 Å². The summed E-state index contributed by atoms with van der Waals surface area (Å²) in [7, 11) is -4.89. The molecule has 2 heterocycles. The largest absolute Gasteiger partial charge is 2.00 e. The van der Waals surface area contributed by atoms with Crippen molar-refractivity contribution in [1.82, 2.24) is 25.3 Å². The number of rotatable bonds is 9. The van der Waals surface area contributed by atoms with Crippen LogP contribution in [0.1, 0.15) is 28.9 Å². The number of H-pyrrole nitrogens is 1. The van der Waals surface area contributed by atoms with Crippen molar-refractivity contribution in [1.29, 1.82) is 0 Å². The molecule has 1 aromatic carbocycles. The molecule has 1 atom stereocenters. The molecule has 0 bridgehead atoms. The van der Waals surface area contributed by atoms with Gasteiger partial charge >= 0.3 is 43.7 Å². The van der Waals surface area contributed by atoms with Crippen LogP contribution in [0.3, 0.4) is 0 Å². The summed E-state index contributed by atoms with van der Waals surface area (Å²) >= 11 is 0. The second-order valence-corrected chi connectivity index (χ2v) is 8.16. The molecule has 38 heavy (non-hydrogen) atoms. The predicted molar refractivity (Wildman–Crippen MR) is 127 cm³/mol. The molecule has 0 saturated carbocycles. The molecule has 3 aromatic rings. The number of hydrogen-bond donors (Lipinski definition) is 7. The Bertz CT molecular complexity index is 1390. The third-order valence-corrected chi connectivity index (χ3v) is 4.35. The summed E-state index contributed by atoms with van der Waals surface area (Å²) in [6.07, 6.45) is 0.662. The predicted octanol–water partition coefficient (Wildman–Crippen LogP) is -3.32. The Morgan fingerprint density at radius 3 is 2.32 bits per heavy atom. The number of nitrogens with zero attached hydrogens (tertiary/aromatic N) is 3. The number of carboxylic acids is 2. The molecule has 2 aromatic heterocycles. The van der Waals surface area contributed by atoms with Gasteiger partial charge in [-0.1, -0.05) is 0 Å². The first-order valence-electron chi connectivity index (χ1n) is 10.1. The number of fused-ring (bicyclic) bond motifs is 1. The average Bonchev–Trinajstić information content (AvgIpc) is 2.79. The number of aromatic nitrogens is 4. The van der Waals surface area contributed by atoms with Gasteiger partial charge < -0.3 is 46.1 Å². The van der Waals surface area contributed by atoms with E-state index in [9.17, 15) is 24.3 Å². The number of carboxylic acid groups (broad SMARTS) is 2. The minimum atomic E-state index is -4.89. The molecule has 0 spiro atoms. The van der Waals surface area contributed by atoms with Gasteiger partial charge in [-0.3, -0.25) is 19.1 Å². The molecule has 17 nitrogen and oxygen atoms in total. The average molecular weight is 577 g/mol. The summed E-state index contributed by atoms with van der Waals surface area (Å²) in [6, 6.07) is 4.78. The maximum atomic E-state index is 12.3. The van der Waals surface area contributed by atoms with Crippen molar-refractivity contribution < 1.29 is 43.8 Å². The molecule has 198 valence electrons. The normalized spacial score (nSPS) is 11.3. The third-order valence-electron chi connectivity index (χ3n) is 4.35. The van der Waals surface area contributed by atoms with Gasteiger partial charge in [-0.15, -0.1) is 0 Å². The Labute approximate surface area is 242 Å². The van der Waals surface area contributed by atoms with Crippen molar-refractivity contribution in [2.75, 3.05) is 11.1 Å². The number of hydrogen-bond acceptors (Lipinski definition) is 12. The van der Waals surface area contributed by atoms with E-state index in [0.717, 1.165) is 0 Å². The topological polar surface area (TPSA) is 297 Å². The monoisotopic (exact) mass is 577 g/mol. The Morgan fingerprint density at radius 1 is 1.16 bits per heavy atom. The van der Waals surface area contributed by atoms with Crippen LogP contribution >= 0.6 is 7.82 Å². The molecule has 0 aliphatic heterocycles. The fourth-order valence-electron chi connectivity index (χ4n) is 2.75. The third kappa shape index (κ3) is 11.5. The van der Waals surface area contributed by atoms with Crippen LogP contribution in [0.2, 0.25) is 0 Å². The van der Waals surface area contributed by atoms with Gasteiger partial charge in [0.1, 0.15) is 6.04 Å². The van der Waals surface area contributed by atoms with E-state index >= 15 is 0 Å². The van der Waals surface area contributed by atoms with Crippen molar-refractivity contribution in [3.05, 3.63) is 52.1 Å². The maximum absolute atomic E-state index is 12.3. The molecule has 0 radical (unpaired) electrons. The summed E-state index contributed by atoms with van der Waals surface area (Å²) in [5.41, 5.74) is 6.43. The first kappa shape index (κ1) is 32.8. The molecule has 1 unspecified atom stereocenters. The second-order valence-electron chi connectivity index (χ2n) is 7.18. The first-order valence-corrected chi connectivity index (χ1v) is 11.6. The van der Waals surface area contributed by atoms with Crippen molar-refractivity contribution in [3.8, 4) is 0 Å². The number of aromatic amines is 1. The number of carbonyl (C=O) groups excluding carboxylic acids is 2. The van der Waals surface area contributed by atoms with Crippen LogP contribution in [0.25, 0.3) is 11.2 Å². The van der Waals surface area contributed by atoms with Crippen molar-refractivity contribution >= 4 is 86.2 Å². The SMILES string of the molecule is Nc1nc2ncc(CNc3ccc(C(=O)NC(CCC(=O)[O-])C(=O)O)cc3)nc2c(=O)[nH]1.O=P([O-])(O)O.[Ca+2]. The number of aliphatic carboxylic acids is 2. The standard InChI is InChI=1S/C19H19N7O6.Ca.H3O4P/c20-19-25-15-14(17(30)26-19)23-11(8-22-15)7-21-10-3-1-9(2-4-10)16(29)24-12(18(31)32)5-6-13(27)28;;1-5(2,3)4/h1-4,8,12,21H,5-7H2,(H,24,29)(H,27,28)(H,31,32)(H3,20,22,25,26,30);;(H3,1,2,3,4)/q;+2;/p-2. The number of nitrogen functional groups attached to an aromatic ring is 1. The van der Waals surface area contributed by atoms with E-state index in [1.54, 1.807) is 12.1 Å². The van der Waals surface area contributed by atoms with Gasteiger partial charge in [0.05, 0.1) is 18.4 Å². The summed E-state index contributed by atoms with van der Waals surface area (Å²) in [5, 5.41) is 25.0. The van der Waals surface area contributed by atoms with Crippen LogP contribution in [0.15, 0.2) is 35.3 Å². The molecule has 0 aliphatic carbocycles. The van der Waals surface area contributed by atoms with Crippen molar-refractivity contribution in [3.63, 3.8) is 0 Å². The molecule has 19 heteroatoms. The quantitative estimate of drug-likeness (QED) is 0.0966. The molecule has 0 fully saturated rings. The van der Waals surface area contributed by atoms with Crippen molar-refractivity contribution in [2.24, 2.45) is 0 Å². The van der Waals surface area contributed by atoms with Crippen LogP contribution in [-0.2, 0) is 20.7 Å². The zero-order chi connectivity index (χ0) is 27.8. The number of anilines is 2.